The molecule has 0 unspecified atom stereocenters. The second-order valence-electron chi connectivity index (χ2n) is 3.68. The summed E-state index contributed by atoms with van der Waals surface area (Å²) >= 11 is 1.10. The maximum atomic E-state index is 10.7. The molecule has 1 aromatic carbocycles. The van der Waals surface area contributed by atoms with Gasteiger partial charge in [0, 0.05) is 17.0 Å². The molecule has 0 saturated heterocycles. The number of thiophene rings is 1. The third-order valence-electron chi connectivity index (χ3n) is 2.30. The number of hydrogen-bond acceptors (Lipinski definition) is 6. The molecular weight excluding hydrogens is 282 g/mol. The average molecular weight is 291 g/mol. The van der Waals surface area contributed by atoms with E-state index in [2.05, 4.69) is 10.5 Å². The molecule has 7 nitrogen and oxygen atoms in total. The molecule has 1 heterocycles. The van der Waals surface area contributed by atoms with Crippen molar-refractivity contribution < 1.29 is 14.8 Å². The smallest absolute Gasteiger partial charge is 0.345 e. The third-order valence-corrected chi connectivity index (χ3v) is 3.31. The summed E-state index contributed by atoms with van der Waals surface area (Å²) in [6.07, 6.45) is 1.48. The summed E-state index contributed by atoms with van der Waals surface area (Å²) in [6, 6.07) is 8.95. The molecule has 8 heteroatoms. The van der Waals surface area contributed by atoms with Crippen LogP contribution < -0.4 is 5.43 Å². The van der Waals surface area contributed by atoms with Crippen LogP contribution in [0.15, 0.2) is 41.5 Å². The minimum atomic E-state index is -0.974. The van der Waals surface area contributed by atoms with Crippen LogP contribution in [-0.4, -0.2) is 22.2 Å². The third kappa shape index (κ3) is 3.39. The number of hydrazone groups is 1. The van der Waals surface area contributed by atoms with Crippen molar-refractivity contribution >= 4 is 34.9 Å². The lowest BCUT2D eigenvalue weighted by molar-refractivity contribution is -0.384. The van der Waals surface area contributed by atoms with Crippen LogP contribution in [-0.2, 0) is 0 Å². The van der Waals surface area contributed by atoms with Crippen LogP contribution in [0.5, 0.6) is 0 Å². The number of nitrogens with zero attached hydrogens (tertiary/aromatic N) is 2. The van der Waals surface area contributed by atoms with Gasteiger partial charge in [-0.3, -0.25) is 15.5 Å². The van der Waals surface area contributed by atoms with Gasteiger partial charge in [-0.2, -0.15) is 5.10 Å². The van der Waals surface area contributed by atoms with E-state index in [0.29, 0.717) is 10.6 Å². The summed E-state index contributed by atoms with van der Waals surface area (Å²) in [5.74, 6) is -0.974. The Morgan fingerprint density at radius 1 is 1.30 bits per heavy atom. The first-order valence-corrected chi connectivity index (χ1v) is 6.24. The molecule has 0 aliphatic heterocycles. The van der Waals surface area contributed by atoms with Crippen molar-refractivity contribution in [2.75, 3.05) is 5.43 Å². The van der Waals surface area contributed by atoms with Crippen molar-refractivity contribution in [1.29, 1.82) is 0 Å². The average Bonchev–Trinajstić information content (AvgIpc) is 2.88. The fourth-order valence-corrected chi connectivity index (χ4v) is 2.08. The lowest BCUT2D eigenvalue weighted by atomic mass is 10.3. The van der Waals surface area contributed by atoms with Gasteiger partial charge in [0.1, 0.15) is 4.88 Å². The first-order chi connectivity index (χ1) is 9.56. The van der Waals surface area contributed by atoms with Gasteiger partial charge in [0.15, 0.2) is 0 Å². The molecule has 0 atom stereocenters. The van der Waals surface area contributed by atoms with Crippen molar-refractivity contribution in [3.8, 4) is 0 Å². The van der Waals surface area contributed by atoms with Crippen LogP contribution in [0.25, 0.3) is 0 Å². The Morgan fingerprint density at radius 3 is 2.55 bits per heavy atom. The van der Waals surface area contributed by atoms with E-state index in [0.717, 1.165) is 11.3 Å². The summed E-state index contributed by atoms with van der Waals surface area (Å²) in [4.78, 5) is 21.6. The molecule has 0 radical (unpaired) electrons. The molecule has 0 aliphatic rings. The van der Waals surface area contributed by atoms with E-state index >= 15 is 0 Å². The molecule has 0 bridgehead atoms. The largest absolute Gasteiger partial charge is 0.477 e. The van der Waals surface area contributed by atoms with Gasteiger partial charge < -0.3 is 5.11 Å². The lowest BCUT2D eigenvalue weighted by Crippen LogP contribution is -1.91. The molecule has 2 N–H and O–H groups in total. The van der Waals surface area contributed by atoms with Crippen LogP contribution >= 0.6 is 11.3 Å². The van der Waals surface area contributed by atoms with Crippen molar-refractivity contribution in [3.05, 3.63) is 56.3 Å². The number of non-ortho nitro benzene ring substituents is 1. The number of carboxylic acid groups (broad SMARTS) is 1. The van der Waals surface area contributed by atoms with Gasteiger partial charge in [-0.15, -0.1) is 11.3 Å². The highest BCUT2D eigenvalue weighted by Crippen LogP contribution is 2.16. The molecule has 1 aromatic heterocycles. The van der Waals surface area contributed by atoms with Crippen LogP contribution in [0.2, 0.25) is 0 Å². The number of anilines is 1. The first kappa shape index (κ1) is 13.7. The van der Waals surface area contributed by atoms with Crippen LogP contribution in [0.3, 0.4) is 0 Å². The monoisotopic (exact) mass is 291 g/mol. The Kier molecular flexibility index (Phi) is 4.06. The zero-order valence-electron chi connectivity index (χ0n) is 10.0. The van der Waals surface area contributed by atoms with Crippen LogP contribution in [0.4, 0.5) is 11.4 Å². The first-order valence-electron chi connectivity index (χ1n) is 5.43. The summed E-state index contributed by atoms with van der Waals surface area (Å²) in [5, 5.41) is 23.2. The summed E-state index contributed by atoms with van der Waals surface area (Å²) in [5.41, 5.74) is 3.31. The Labute approximate surface area is 117 Å². The predicted octanol–water partition coefficient (Wildman–Crippen LogP) is 2.80. The Bertz CT molecular complexity index is 664. The number of nitro benzene ring substituents is 1. The summed E-state index contributed by atoms with van der Waals surface area (Å²) < 4.78 is 0. The van der Waals surface area contributed by atoms with Gasteiger partial charge in [-0.25, -0.2) is 4.79 Å². The molecular formula is C12H9N3O4S. The van der Waals surface area contributed by atoms with E-state index in [4.69, 9.17) is 5.11 Å². The number of carbonyl (C=O) groups is 1. The zero-order chi connectivity index (χ0) is 14.5. The quantitative estimate of drug-likeness (QED) is 0.500. The van der Waals surface area contributed by atoms with E-state index in [1.807, 2.05) is 0 Å². The van der Waals surface area contributed by atoms with Gasteiger partial charge in [-0.05, 0) is 24.3 Å². The Morgan fingerprint density at radius 2 is 2.00 bits per heavy atom. The number of nitrogens with one attached hydrogen (secondary N) is 1. The summed E-state index contributed by atoms with van der Waals surface area (Å²) in [6.45, 7) is 0. The van der Waals surface area contributed by atoms with Crippen molar-refractivity contribution in [1.82, 2.24) is 0 Å². The van der Waals surface area contributed by atoms with Crippen molar-refractivity contribution in [2.24, 2.45) is 5.10 Å². The normalized spacial score (nSPS) is 10.6. The standard InChI is InChI=1S/C12H9N3O4S/c16-12(17)11-6-5-10(20-11)7-13-14-8-1-3-9(4-2-8)15(18)19/h1-7,14H,(H,16,17). The second-order valence-corrected chi connectivity index (χ2v) is 4.80. The Balaban J connectivity index is 1.98. The fraction of sp³-hybridized carbons (Fsp3) is 0. The lowest BCUT2D eigenvalue weighted by Gasteiger charge is -1.98. The fourth-order valence-electron chi connectivity index (χ4n) is 1.37. The number of nitro groups is 1. The molecule has 20 heavy (non-hydrogen) atoms. The minimum absolute atomic E-state index is 0.00360. The highest BCUT2D eigenvalue weighted by atomic mass is 32.1. The second kappa shape index (κ2) is 5.93. The zero-order valence-corrected chi connectivity index (χ0v) is 10.8. The number of rotatable bonds is 5. The van der Waals surface area contributed by atoms with Gasteiger partial charge in [0.2, 0.25) is 0 Å². The van der Waals surface area contributed by atoms with Gasteiger partial charge in [0.25, 0.3) is 5.69 Å². The van der Waals surface area contributed by atoms with Gasteiger partial charge >= 0.3 is 5.97 Å². The summed E-state index contributed by atoms with van der Waals surface area (Å²) in [7, 11) is 0. The van der Waals surface area contributed by atoms with E-state index in [9.17, 15) is 14.9 Å². The van der Waals surface area contributed by atoms with E-state index in [-0.39, 0.29) is 10.6 Å². The molecule has 0 aliphatic carbocycles. The van der Waals surface area contributed by atoms with Crippen LogP contribution in [0, 0.1) is 10.1 Å². The number of benzene rings is 1. The van der Waals surface area contributed by atoms with Gasteiger partial charge in [-0.1, -0.05) is 0 Å². The molecule has 0 amide bonds. The minimum Gasteiger partial charge on any atom is -0.477 e. The van der Waals surface area contributed by atoms with Crippen molar-refractivity contribution in [3.63, 3.8) is 0 Å². The highest BCUT2D eigenvalue weighted by Gasteiger charge is 2.05. The highest BCUT2D eigenvalue weighted by molar-refractivity contribution is 7.15. The van der Waals surface area contributed by atoms with E-state index in [1.54, 1.807) is 6.07 Å². The molecule has 0 spiro atoms. The Hall–Kier alpha value is -2.74. The maximum absolute atomic E-state index is 10.7. The number of carboxylic acids is 1. The molecule has 2 aromatic rings. The van der Waals surface area contributed by atoms with Crippen LogP contribution in [0.1, 0.15) is 14.5 Å². The van der Waals surface area contributed by atoms with Crippen molar-refractivity contribution in [2.45, 2.75) is 0 Å². The molecule has 102 valence electrons. The maximum Gasteiger partial charge on any atom is 0.345 e. The molecule has 2 rings (SSSR count). The SMILES string of the molecule is O=C(O)c1ccc(C=NNc2ccc([N+](=O)[O-])cc2)s1. The molecule has 0 saturated carbocycles. The van der Waals surface area contributed by atoms with E-state index in [1.165, 1.54) is 36.5 Å². The van der Waals surface area contributed by atoms with Gasteiger partial charge in [0.05, 0.1) is 16.8 Å². The predicted molar refractivity (Wildman–Crippen MR) is 75.6 cm³/mol. The molecule has 0 fully saturated rings. The topological polar surface area (TPSA) is 105 Å². The number of hydrogen-bond donors (Lipinski definition) is 2. The number of aromatic carboxylic acids is 1. The van der Waals surface area contributed by atoms with E-state index < -0.39 is 10.9 Å².